The van der Waals surface area contributed by atoms with E-state index in [1.165, 1.54) is 0 Å². The van der Waals surface area contributed by atoms with E-state index in [1.807, 2.05) is 0 Å². The van der Waals surface area contributed by atoms with Crippen molar-refractivity contribution in [1.82, 2.24) is 4.98 Å². The van der Waals surface area contributed by atoms with Crippen LogP contribution < -0.4 is 0 Å². The molecule has 0 bridgehead atoms. The fourth-order valence-corrected chi connectivity index (χ4v) is 1.59. The summed E-state index contributed by atoms with van der Waals surface area (Å²) in [6, 6.07) is 0.822. The van der Waals surface area contributed by atoms with E-state index >= 15 is 0 Å². The topological polar surface area (TPSA) is 39.2 Å². The van der Waals surface area contributed by atoms with Crippen molar-refractivity contribution in [3.05, 3.63) is 28.0 Å². The van der Waals surface area contributed by atoms with Crippen LogP contribution in [-0.2, 0) is 22.1 Å². The minimum atomic E-state index is -4.52. The Morgan fingerprint density at radius 1 is 1.56 bits per heavy atom. The number of carbonyl (C=O) groups is 1. The Kier molecular flexibility index (Phi) is 3.90. The number of esters is 1. The Morgan fingerprint density at radius 3 is 2.69 bits per heavy atom. The van der Waals surface area contributed by atoms with Crippen molar-refractivity contribution in [3.63, 3.8) is 0 Å². The molecule has 0 spiro atoms. The van der Waals surface area contributed by atoms with Crippen LogP contribution in [0.2, 0.25) is 0 Å². The highest BCUT2D eigenvalue weighted by Crippen LogP contribution is 2.34. The normalized spacial score (nSPS) is 11.3. The van der Waals surface area contributed by atoms with Crippen LogP contribution in [0.15, 0.2) is 16.9 Å². The van der Waals surface area contributed by atoms with Gasteiger partial charge in [0, 0.05) is 11.8 Å². The monoisotopic (exact) mass is 297 g/mol. The van der Waals surface area contributed by atoms with E-state index in [0.29, 0.717) is 0 Å². The van der Waals surface area contributed by atoms with Gasteiger partial charge in [0.2, 0.25) is 0 Å². The number of aromatic nitrogens is 1. The molecular weight excluding hydrogens is 291 g/mol. The summed E-state index contributed by atoms with van der Waals surface area (Å²) in [5.74, 6) is -0.751. The number of pyridine rings is 1. The summed E-state index contributed by atoms with van der Waals surface area (Å²) in [7, 11) is 1.11. The number of carbonyl (C=O) groups excluding carboxylic acids is 1. The maximum Gasteiger partial charge on any atom is 0.416 e. The van der Waals surface area contributed by atoms with E-state index in [2.05, 4.69) is 25.7 Å². The minimum absolute atomic E-state index is 0.00674. The molecule has 0 saturated carbocycles. The Labute approximate surface area is 97.8 Å². The lowest BCUT2D eigenvalue weighted by molar-refractivity contribution is -0.141. The van der Waals surface area contributed by atoms with E-state index < -0.39 is 24.1 Å². The summed E-state index contributed by atoms with van der Waals surface area (Å²) in [5.41, 5.74) is -1.11. The van der Waals surface area contributed by atoms with E-state index in [1.54, 1.807) is 0 Å². The average Bonchev–Trinajstić information content (AvgIpc) is 2.19. The number of alkyl halides is 3. The van der Waals surface area contributed by atoms with Gasteiger partial charge in [0.25, 0.3) is 0 Å². The van der Waals surface area contributed by atoms with Gasteiger partial charge in [-0.15, -0.1) is 0 Å². The molecule has 0 radical (unpaired) electrons. The van der Waals surface area contributed by atoms with Crippen molar-refractivity contribution in [2.45, 2.75) is 12.6 Å². The molecule has 0 unspecified atom stereocenters. The van der Waals surface area contributed by atoms with Gasteiger partial charge in [-0.1, -0.05) is 0 Å². The average molecular weight is 298 g/mol. The molecule has 1 aromatic heterocycles. The third-order valence-corrected chi connectivity index (χ3v) is 2.54. The van der Waals surface area contributed by atoms with Gasteiger partial charge in [-0.2, -0.15) is 13.2 Å². The molecule has 88 valence electrons. The Balaban J connectivity index is 3.19. The summed E-state index contributed by atoms with van der Waals surface area (Å²) >= 11 is 2.88. The molecule has 7 heteroatoms. The molecule has 0 fully saturated rings. The smallest absolute Gasteiger partial charge is 0.416 e. The van der Waals surface area contributed by atoms with Crippen molar-refractivity contribution < 1.29 is 22.7 Å². The number of halogens is 4. The first kappa shape index (κ1) is 13.0. The molecule has 0 amide bonds. The van der Waals surface area contributed by atoms with Crippen molar-refractivity contribution in [3.8, 4) is 0 Å². The predicted octanol–water partition coefficient (Wildman–Crippen LogP) is 2.58. The lowest BCUT2D eigenvalue weighted by atomic mass is 10.1. The minimum Gasteiger partial charge on any atom is -0.469 e. The van der Waals surface area contributed by atoms with Gasteiger partial charge in [0.05, 0.1) is 19.1 Å². The van der Waals surface area contributed by atoms with E-state index in [-0.39, 0.29) is 10.2 Å². The fraction of sp³-hybridized carbons (Fsp3) is 0.333. The molecule has 0 atom stereocenters. The van der Waals surface area contributed by atoms with Gasteiger partial charge in [0.1, 0.15) is 4.60 Å². The van der Waals surface area contributed by atoms with Gasteiger partial charge in [-0.05, 0) is 22.0 Å². The van der Waals surface area contributed by atoms with Gasteiger partial charge in [0.15, 0.2) is 0 Å². The molecule has 1 aromatic rings. The SMILES string of the molecule is COC(=O)Cc1c(C(F)(F)F)ccnc1Br. The van der Waals surface area contributed by atoms with Crippen LogP contribution in [0.4, 0.5) is 13.2 Å². The van der Waals surface area contributed by atoms with Crippen molar-refractivity contribution in [1.29, 1.82) is 0 Å². The molecule has 16 heavy (non-hydrogen) atoms. The third-order valence-electron chi connectivity index (χ3n) is 1.86. The molecule has 0 N–H and O–H groups in total. The summed E-state index contributed by atoms with van der Waals surface area (Å²) in [6.45, 7) is 0. The maximum atomic E-state index is 12.6. The molecule has 1 rings (SSSR count). The van der Waals surface area contributed by atoms with Crippen LogP contribution in [0.1, 0.15) is 11.1 Å². The van der Waals surface area contributed by atoms with Crippen molar-refractivity contribution in [2.24, 2.45) is 0 Å². The number of nitrogens with zero attached hydrogens (tertiary/aromatic N) is 1. The van der Waals surface area contributed by atoms with E-state index in [9.17, 15) is 18.0 Å². The van der Waals surface area contributed by atoms with Gasteiger partial charge in [-0.25, -0.2) is 4.98 Å². The zero-order valence-corrected chi connectivity index (χ0v) is 9.72. The van der Waals surface area contributed by atoms with Crippen LogP contribution in [0, 0.1) is 0 Å². The summed E-state index contributed by atoms with van der Waals surface area (Å²) in [6.07, 6.45) is -3.97. The summed E-state index contributed by atoms with van der Waals surface area (Å²) in [5, 5.41) is 0. The third kappa shape index (κ3) is 2.94. The first-order valence-corrected chi connectivity index (χ1v) is 4.93. The van der Waals surface area contributed by atoms with Crippen LogP contribution in [0.3, 0.4) is 0 Å². The number of rotatable bonds is 2. The van der Waals surface area contributed by atoms with E-state index in [0.717, 1.165) is 19.4 Å². The predicted molar refractivity (Wildman–Crippen MR) is 52.7 cm³/mol. The quantitative estimate of drug-likeness (QED) is 0.622. The Bertz CT molecular complexity index is 406. The molecule has 0 aliphatic heterocycles. The number of ether oxygens (including phenoxy) is 1. The molecule has 0 saturated heterocycles. The first-order valence-electron chi connectivity index (χ1n) is 4.13. The Hall–Kier alpha value is -1.11. The van der Waals surface area contributed by atoms with Crippen molar-refractivity contribution in [2.75, 3.05) is 7.11 Å². The van der Waals surface area contributed by atoms with Gasteiger partial charge in [-0.3, -0.25) is 4.79 Å². The van der Waals surface area contributed by atoms with E-state index in [4.69, 9.17) is 0 Å². The summed E-state index contributed by atoms with van der Waals surface area (Å²) in [4.78, 5) is 14.6. The van der Waals surface area contributed by atoms with Crippen LogP contribution in [0.5, 0.6) is 0 Å². The second-order valence-corrected chi connectivity index (χ2v) is 3.63. The molecule has 0 aliphatic carbocycles. The maximum absolute atomic E-state index is 12.6. The first-order chi connectivity index (χ1) is 7.36. The van der Waals surface area contributed by atoms with Crippen molar-refractivity contribution >= 4 is 21.9 Å². The highest BCUT2D eigenvalue weighted by molar-refractivity contribution is 9.10. The number of methoxy groups -OCH3 is 1. The molecular formula is C9H7BrF3NO2. The second kappa shape index (κ2) is 4.82. The van der Waals surface area contributed by atoms with Crippen LogP contribution in [0.25, 0.3) is 0 Å². The largest absolute Gasteiger partial charge is 0.469 e. The molecule has 0 aromatic carbocycles. The van der Waals surface area contributed by atoms with Crippen LogP contribution in [-0.4, -0.2) is 18.1 Å². The lowest BCUT2D eigenvalue weighted by Gasteiger charge is -2.12. The molecule has 1 heterocycles. The second-order valence-electron chi connectivity index (χ2n) is 2.88. The molecule has 0 aliphatic rings. The molecule has 3 nitrogen and oxygen atoms in total. The zero-order chi connectivity index (χ0) is 12.3. The number of hydrogen-bond acceptors (Lipinski definition) is 3. The number of hydrogen-bond donors (Lipinski definition) is 0. The Morgan fingerprint density at radius 2 is 2.19 bits per heavy atom. The fourth-order valence-electron chi connectivity index (χ4n) is 1.12. The highest BCUT2D eigenvalue weighted by atomic mass is 79.9. The standard InChI is InChI=1S/C9H7BrF3NO2/c1-16-7(15)4-5-6(9(11,12)13)2-3-14-8(5)10/h2-3H,4H2,1H3. The lowest BCUT2D eigenvalue weighted by Crippen LogP contribution is -2.14. The summed E-state index contributed by atoms with van der Waals surface area (Å²) < 4.78 is 42.1. The zero-order valence-electron chi connectivity index (χ0n) is 8.14. The van der Waals surface area contributed by atoms with Gasteiger partial charge < -0.3 is 4.74 Å². The van der Waals surface area contributed by atoms with Crippen LogP contribution >= 0.6 is 15.9 Å². The highest BCUT2D eigenvalue weighted by Gasteiger charge is 2.34. The van der Waals surface area contributed by atoms with Gasteiger partial charge >= 0.3 is 12.1 Å².